The van der Waals surface area contributed by atoms with Gasteiger partial charge in [-0.15, -0.1) is 0 Å². The Hall–Kier alpha value is -1.34. The van der Waals surface area contributed by atoms with Gasteiger partial charge in [-0.3, -0.25) is 0 Å². The first-order valence-corrected chi connectivity index (χ1v) is 4.93. The predicted octanol–water partition coefficient (Wildman–Crippen LogP) is 3.17. The summed E-state index contributed by atoms with van der Waals surface area (Å²) in [4.78, 5) is 0. The molecule has 2 rings (SSSR count). The van der Waals surface area contributed by atoms with E-state index >= 15 is 0 Å². The van der Waals surface area contributed by atoms with Crippen LogP contribution in [0.5, 0.6) is 0 Å². The third-order valence-electron chi connectivity index (χ3n) is 2.53. The standard InChI is InChI=1S/C13H15N/c1-9-7-11-5-3-4-6-12(11)13(8-9)10(2)14/h3-8,10H,14H2,1-2H3. The molecule has 0 heterocycles. The van der Waals surface area contributed by atoms with Crippen molar-refractivity contribution in [2.24, 2.45) is 5.73 Å². The number of fused-ring (bicyclic) bond motifs is 1. The van der Waals surface area contributed by atoms with Gasteiger partial charge in [0.05, 0.1) is 0 Å². The van der Waals surface area contributed by atoms with E-state index < -0.39 is 0 Å². The predicted molar refractivity (Wildman–Crippen MR) is 61.3 cm³/mol. The summed E-state index contributed by atoms with van der Waals surface area (Å²) in [6, 6.07) is 12.9. The number of rotatable bonds is 1. The van der Waals surface area contributed by atoms with E-state index in [2.05, 4.69) is 43.3 Å². The zero-order valence-corrected chi connectivity index (χ0v) is 8.62. The van der Waals surface area contributed by atoms with Gasteiger partial charge < -0.3 is 5.73 Å². The highest BCUT2D eigenvalue weighted by atomic mass is 14.6. The van der Waals surface area contributed by atoms with Crippen LogP contribution in [0, 0.1) is 6.92 Å². The van der Waals surface area contributed by atoms with Crippen LogP contribution in [0.4, 0.5) is 0 Å². The minimum absolute atomic E-state index is 0.0970. The molecular formula is C13H15N. The largest absolute Gasteiger partial charge is 0.324 e. The van der Waals surface area contributed by atoms with Crippen LogP contribution in [0.15, 0.2) is 36.4 Å². The zero-order valence-electron chi connectivity index (χ0n) is 8.62. The van der Waals surface area contributed by atoms with Gasteiger partial charge in [0.25, 0.3) is 0 Å². The Labute approximate surface area is 84.5 Å². The zero-order chi connectivity index (χ0) is 10.1. The van der Waals surface area contributed by atoms with Crippen molar-refractivity contribution in [1.29, 1.82) is 0 Å². The molecule has 0 aromatic heterocycles. The Morgan fingerprint density at radius 3 is 2.57 bits per heavy atom. The number of nitrogens with two attached hydrogens (primary N) is 1. The molecule has 1 atom stereocenters. The molecule has 2 aromatic carbocycles. The molecule has 0 fully saturated rings. The van der Waals surface area contributed by atoms with E-state index in [1.807, 2.05) is 6.92 Å². The lowest BCUT2D eigenvalue weighted by atomic mass is 9.98. The summed E-state index contributed by atoms with van der Waals surface area (Å²) in [6.07, 6.45) is 0. The minimum Gasteiger partial charge on any atom is -0.324 e. The van der Waals surface area contributed by atoms with Gasteiger partial charge in [-0.2, -0.15) is 0 Å². The molecule has 0 aliphatic heterocycles. The van der Waals surface area contributed by atoms with E-state index in [4.69, 9.17) is 5.73 Å². The van der Waals surface area contributed by atoms with Crippen molar-refractivity contribution in [2.75, 3.05) is 0 Å². The second-order valence-corrected chi connectivity index (χ2v) is 3.86. The van der Waals surface area contributed by atoms with Gasteiger partial charge in [0, 0.05) is 6.04 Å². The second kappa shape index (κ2) is 3.43. The molecule has 0 saturated heterocycles. The summed E-state index contributed by atoms with van der Waals surface area (Å²) >= 11 is 0. The fraction of sp³-hybridized carbons (Fsp3) is 0.231. The molecule has 0 saturated carbocycles. The van der Waals surface area contributed by atoms with Gasteiger partial charge in [-0.25, -0.2) is 0 Å². The van der Waals surface area contributed by atoms with Gasteiger partial charge in [0.1, 0.15) is 0 Å². The van der Waals surface area contributed by atoms with Crippen LogP contribution in [-0.2, 0) is 0 Å². The third kappa shape index (κ3) is 1.51. The van der Waals surface area contributed by atoms with Crippen molar-refractivity contribution in [2.45, 2.75) is 19.9 Å². The lowest BCUT2D eigenvalue weighted by Crippen LogP contribution is -2.05. The first-order valence-electron chi connectivity index (χ1n) is 4.93. The first kappa shape index (κ1) is 9.22. The van der Waals surface area contributed by atoms with Crippen molar-refractivity contribution in [3.05, 3.63) is 47.5 Å². The van der Waals surface area contributed by atoms with Crippen molar-refractivity contribution in [1.82, 2.24) is 0 Å². The summed E-state index contributed by atoms with van der Waals surface area (Å²) in [5.74, 6) is 0. The maximum absolute atomic E-state index is 5.95. The first-order chi connectivity index (χ1) is 6.68. The van der Waals surface area contributed by atoms with Crippen LogP contribution >= 0.6 is 0 Å². The Morgan fingerprint density at radius 2 is 1.86 bits per heavy atom. The number of benzene rings is 2. The molecule has 14 heavy (non-hydrogen) atoms. The summed E-state index contributed by atoms with van der Waals surface area (Å²) in [7, 11) is 0. The number of hydrogen-bond donors (Lipinski definition) is 1. The second-order valence-electron chi connectivity index (χ2n) is 3.86. The molecule has 1 unspecified atom stereocenters. The summed E-state index contributed by atoms with van der Waals surface area (Å²) in [5.41, 5.74) is 8.46. The lowest BCUT2D eigenvalue weighted by Gasteiger charge is -2.11. The molecule has 72 valence electrons. The maximum Gasteiger partial charge on any atom is 0.0272 e. The average molecular weight is 185 g/mol. The Kier molecular flexibility index (Phi) is 2.26. The SMILES string of the molecule is Cc1cc(C(C)N)c2ccccc2c1. The van der Waals surface area contributed by atoms with Crippen LogP contribution in [-0.4, -0.2) is 0 Å². The maximum atomic E-state index is 5.95. The fourth-order valence-corrected chi connectivity index (χ4v) is 1.87. The van der Waals surface area contributed by atoms with E-state index in [0.717, 1.165) is 0 Å². The van der Waals surface area contributed by atoms with E-state index in [-0.39, 0.29) is 6.04 Å². The van der Waals surface area contributed by atoms with E-state index in [1.54, 1.807) is 0 Å². The Bertz CT molecular complexity index is 458. The monoisotopic (exact) mass is 185 g/mol. The highest BCUT2D eigenvalue weighted by Gasteiger charge is 2.05. The smallest absolute Gasteiger partial charge is 0.0272 e. The lowest BCUT2D eigenvalue weighted by molar-refractivity contribution is 0.825. The molecular weight excluding hydrogens is 170 g/mol. The summed E-state index contributed by atoms with van der Waals surface area (Å²) in [6.45, 7) is 4.14. The van der Waals surface area contributed by atoms with Gasteiger partial charge in [-0.1, -0.05) is 42.0 Å². The van der Waals surface area contributed by atoms with Crippen LogP contribution in [0.25, 0.3) is 10.8 Å². The van der Waals surface area contributed by atoms with Gasteiger partial charge in [0.15, 0.2) is 0 Å². The fourth-order valence-electron chi connectivity index (χ4n) is 1.87. The van der Waals surface area contributed by atoms with Crippen molar-refractivity contribution >= 4 is 10.8 Å². The molecule has 1 nitrogen and oxygen atoms in total. The van der Waals surface area contributed by atoms with E-state index in [9.17, 15) is 0 Å². The average Bonchev–Trinajstić information content (AvgIpc) is 2.16. The van der Waals surface area contributed by atoms with E-state index in [0.29, 0.717) is 0 Å². The summed E-state index contributed by atoms with van der Waals surface area (Å²) in [5, 5.41) is 2.55. The third-order valence-corrected chi connectivity index (χ3v) is 2.53. The molecule has 2 aromatic rings. The number of aryl methyl sites for hydroxylation is 1. The molecule has 0 aliphatic carbocycles. The molecule has 0 amide bonds. The summed E-state index contributed by atoms with van der Waals surface area (Å²) < 4.78 is 0. The van der Waals surface area contributed by atoms with Crippen LogP contribution in [0.1, 0.15) is 24.1 Å². The normalized spacial score (nSPS) is 13.1. The Balaban J connectivity index is 2.80. The molecule has 0 radical (unpaired) electrons. The van der Waals surface area contributed by atoms with Crippen molar-refractivity contribution in [3.8, 4) is 0 Å². The highest BCUT2D eigenvalue weighted by Crippen LogP contribution is 2.24. The molecule has 2 N–H and O–H groups in total. The quantitative estimate of drug-likeness (QED) is 0.725. The van der Waals surface area contributed by atoms with Gasteiger partial charge in [0.2, 0.25) is 0 Å². The molecule has 0 spiro atoms. The molecule has 0 aliphatic rings. The number of hydrogen-bond acceptors (Lipinski definition) is 1. The minimum atomic E-state index is 0.0970. The van der Waals surface area contributed by atoms with Gasteiger partial charge >= 0.3 is 0 Å². The molecule has 0 bridgehead atoms. The van der Waals surface area contributed by atoms with Crippen LogP contribution in [0.2, 0.25) is 0 Å². The van der Waals surface area contributed by atoms with Crippen LogP contribution in [0.3, 0.4) is 0 Å². The van der Waals surface area contributed by atoms with Gasteiger partial charge in [-0.05, 0) is 30.2 Å². The topological polar surface area (TPSA) is 26.0 Å². The Morgan fingerprint density at radius 1 is 1.14 bits per heavy atom. The highest BCUT2D eigenvalue weighted by molar-refractivity contribution is 5.86. The van der Waals surface area contributed by atoms with Crippen molar-refractivity contribution in [3.63, 3.8) is 0 Å². The van der Waals surface area contributed by atoms with Crippen molar-refractivity contribution < 1.29 is 0 Å². The van der Waals surface area contributed by atoms with E-state index in [1.165, 1.54) is 21.9 Å². The molecule has 1 heteroatoms. The van der Waals surface area contributed by atoms with Crippen LogP contribution < -0.4 is 5.73 Å².